The summed E-state index contributed by atoms with van der Waals surface area (Å²) in [5, 5.41) is 11.5. The Morgan fingerprint density at radius 1 is 1.42 bits per heavy atom. The van der Waals surface area contributed by atoms with Crippen LogP contribution in [0.2, 0.25) is 0 Å². The minimum atomic E-state index is 0.425. The van der Waals surface area contributed by atoms with Gasteiger partial charge in [0.05, 0.1) is 12.5 Å². The van der Waals surface area contributed by atoms with E-state index in [2.05, 4.69) is 53.6 Å². The first kappa shape index (κ1) is 16.4. The van der Waals surface area contributed by atoms with Crippen LogP contribution >= 0.6 is 12.2 Å². The van der Waals surface area contributed by atoms with Crippen LogP contribution in [0.15, 0.2) is 34.0 Å². The number of H-pyrrole nitrogens is 1. The maximum atomic E-state index is 5.39. The van der Waals surface area contributed by atoms with Crippen molar-refractivity contribution in [3.63, 3.8) is 0 Å². The van der Waals surface area contributed by atoms with Crippen LogP contribution in [0.1, 0.15) is 30.8 Å². The van der Waals surface area contributed by atoms with Crippen molar-refractivity contribution in [1.82, 2.24) is 19.4 Å². The lowest BCUT2D eigenvalue weighted by Gasteiger charge is -2.11. The molecule has 7 heteroatoms. The fourth-order valence-corrected chi connectivity index (χ4v) is 2.87. The van der Waals surface area contributed by atoms with Gasteiger partial charge in [-0.15, -0.1) is 5.10 Å². The number of nitrogens with one attached hydrogen (secondary N) is 1. The number of aromatic nitrogens is 4. The van der Waals surface area contributed by atoms with E-state index >= 15 is 0 Å². The molecule has 0 aliphatic heterocycles. The predicted molar refractivity (Wildman–Crippen MR) is 96.8 cm³/mol. The van der Waals surface area contributed by atoms with Crippen LogP contribution in [0.3, 0.4) is 0 Å². The van der Waals surface area contributed by atoms with Crippen LogP contribution in [-0.2, 0) is 6.54 Å². The molecule has 0 unspecified atom stereocenters. The minimum absolute atomic E-state index is 0.425. The largest absolute Gasteiger partial charge is 0.461 e. The average molecular weight is 343 g/mol. The standard InChI is InChI=1S/C17H21N5OS/c1-11(2)10-21-12(3)8-14(13(21)4)9-18-22-16(19-20-17(22)24)15-6-5-7-23-15/h5-9,11H,10H2,1-4H3,(H,20,24)/b18-9-. The van der Waals surface area contributed by atoms with Gasteiger partial charge in [-0.1, -0.05) is 13.8 Å². The molecule has 0 fully saturated rings. The first-order valence-electron chi connectivity index (χ1n) is 7.89. The molecule has 0 saturated carbocycles. The molecule has 0 bridgehead atoms. The number of aromatic amines is 1. The molecule has 0 aromatic carbocycles. The van der Waals surface area contributed by atoms with E-state index in [1.165, 1.54) is 11.4 Å². The van der Waals surface area contributed by atoms with Crippen molar-refractivity contribution in [1.29, 1.82) is 0 Å². The first-order chi connectivity index (χ1) is 11.5. The monoisotopic (exact) mass is 343 g/mol. The van der Waals surface area contributed by atoms with E-state index < -0.39 is 0 Å². The van der Waals surface area contributed by atoms with Crippen molar-refractivity contribution >= 4 is 18.4 Å². The molecule has 0 amide bonds. The number of aryl methyl sites for hydroxylation is 1. The van der Waals surface area contributed by atoms with Gasteiger partial charge >= 0.3 is 0 Å². The van der Waals surface area contributed by atoms with Gasteiger partial charge in [0.2, 0.25) is 10.6 Å². The third-order valence-corrected chi connectivity index (χ3v) is 4.13. The molecule has 0 aliphatic rings. The Balaban J connectivity index is 1.96. The van der Waals surface area contributed by atoms with Gasteiger partial charge in [0, 0.05) is 23.5 Å². The number of hydrogen-bond acceptors (Lipinski definition) is 4. The Morgan fingerprint density at radius 3 is 2.88 bits per heavy atom. The Labute approximate surface area is 145 Å². The van der Waals surface area contributed by atoms with Crippen LogP contribution in [0.5, 0.6) is 0 Å². The highest BCUT2D eigenvalue weighted by Gasteiger charge is 2.12. The summed E-state index contributed by atoms with van der Waals surface area (Å²) >= 11 is 5.27. The van der Waals surface area contributed by atoms with Crippen molar-refractivity contribution in [2.24, 2.45) is 11.0 Å². The van der Waals surface area contributed by atoms with Gasteiger partial charge in [-0.2, -0.15) is 9.78 Å². The minimum Gasteiger partial charge on any atom is -0.461 e. The average Bonchev–Trinajstić information content (AvgIpc) is 3.22. The van der Waals surface area contributed by atoms with E-state index in [0.717, 1.165) is 12.1 Å². The molecule has 126 valence electrons. The zero-order valence-electron chi connectivity index (χ0n) is 14.3. The highest BCUT2D eigenvalue weighted by atomic mass is 32.1. The fourth-order valence-electron chi connectivity index (χ4n) is 2.69. The Bertz CT molecular complexity index is 912. The topological polar surface area (TPSA) is 64.0 Å². The maximum absolute atomic E-state index is 5.39. The summed E-state index contributed by atoms with van der Waals surface area (Å²) in [6.07, 6.45) is 3.41. The summed E-state index contributed by atoms with van der Waals surface area (Å²) in [6, 6.07) is 5.77. The van der Waals surface area contributed by atoms with Crippen molar-refractivity contribution in [3.05, 3.63) is 46.2 Å². The van der Waals surface area contributed by atoms with Crippen LogP contribution < -0.4 is 0 Å². The molecule has 3 heterocycles. The van der Waals surface area contributed by atoms with Gasteiger partial charge in [-0.25, -0.2) is 5.10 Å². The van der Waals surface area contributed by atoms with Crippen molar-refractivity contribution < 1.29 is 4.42 Å². The molecular weight excluding hydrogens is 322 g/mol. The Kier molecular flexibility index (Phi) is 4.53. The van der Waals surface area contributed by atoms with E-state index in [4.69, 9.17) is 16.6 Å². The van der Waals surface area contributed by atoms with Crippen LogP contribution in [0.25, 0.3) is 11.6 Å². The van der Waals surface area contributed by atoms with Crippen LogP contribution in [-0.4, -0.2) is 25.7 Å². The molecule has 0 saturated heterocycles. The number of nitrogens with zero attached hydrogens (tertiary/aromatic N) is 4. The maximum Gasteiger partial charge on any atom is 0.219 e. The molecule has 24 heavy (non-hydrogen) atoms. The number of hydrogen-bond donors (Lipinski definition) is 1. The molecule has 3 aromatic heterocycles. The van der Waals surface area contributed by atoms with E-state index in [1.807, 2.05) is 12.3 Å². The summed E-state index contributed by atoms with van der Waals surface area (Å²) in [5.74, 6) is 1.76. The van der Waals surface area contributed by atoms with Gasteiger partial charge in [0.1, 0.15) is 0 Å². The van der Waals surface area contributed by atoms with Gasteiger partial charge in [-0.3, -0.25) is 0 Å². The third kappa shape index (κ3) is 3.12. The summed E-state index contributed by atoms with van der Waals surface area (Å²) in [5.41, 5.74) is 3.49. The van der Waals surface area contributed by atoms with Gasteiger partial charge in [-0.05, 0) is 50.2 Å². The quantitative estimate of drug-likeness (QED) is 0.559. The molecule has 6 nitrogen and oxygen atoms in total. The highest BCUT2D eigenvalue weighted by molar-refractivity contribution is 7.71. The highest BCUT2D eigenvalue weighted by Crippen LogP contribution is 2.18. The second kappa shape index (κ2) is 6.60. The number of rotatable bonds is 5. The predicted octanol–water partition coefficient (Wildman–Crippen LogP) is 4.16. The first-order valence-corrected chi connectivity index (χ1v) is 8.30. The molecule has 1 N–H and O–H groups in total. The molecule has 0 aliphatic carbocycles. The lowest BCUT2D eigenvalue weighted by molar-refractivity contribution is 0.509. The second-order valence-corrected chi connectivity index (χ2v) is 6.60. The molecule has 0 spiro atoms. The van der Waals surface area contributed by atoms with Gasteiger partial charge < -0.3 is 8.98 Å². The van der Waals surface area contributed by atoms with E-state index in [-0.39, 0.29) is 0 Å². The SMILES string of the molecule is Cc1cc(/C=N\n2c(-c3ccco3)n[nH]c2=S)c(C)n1CC(C)C. The molecule has 3 rings (SSSR count). The molecular formula is C17H21N5OS. The van der Waals surface area contributed by atoms with Crippen molar-refractivity contribution in [2.75, 3.05) is 0 Å². The Morgan fingerprint density at radius 2 is 2.21 bits per heavy atom. The fraction of sp³-hybridized carbons (Fsp3) is 0.353. The van der Waals surface area contributed by atoms with Crippen LogP contribution in [0.4, 0.5) is 0 Å². The summed E-state index contributed by atoms with van der Waals surface area (Å²) < 4.78 is 9.70. The number of furan rings is 1. The molecule has 3 aromatic rings. The van der Waals surface area contributed by atoms with E-state index in [0.29, 0.717) is 22.3 Å². The second-order valence-electron chi connectivity index (χ2n) is 6.22. The molecule has 0 radical (unpaired) electrons. The summed E-state index contributed by atoms with van der Waals surface area (Å²) in [4.78, 5) is 0. The van der Waals surface area contributed by atoms with Crippen molar-refractivity contribution in [2.45, 2.75) is 34.2 Å². The zero-order chi connectivity index (χ0) is 17.3. The normalized spacial score (nSPS) is 11.9. The lowest BCUT2D eigenvalue weighted by Crippen LogP contribution is -2.08. The molecule has 0 atom stereocenters. The van der Waals surface area contributed by atoms with Gasteiger partial charge in [0.15, 0.2) is 5.76 Å². The zero-order valence-corrected chi connectivity index (χ0v) is 15.1. The lowest BCUT2D eigenvalue weighted by atomic mass is 10.2. The van der Waals surface area contributed by atoms with E-state index in [1.54, 1.807) is 17.0 Å². The Hall–Kier alpha value is -2.41. The van der Waals surface area contributed by atoms with Crippen LogP contribution in [0, 0.1) is 24.5 Å². The smallest absolute Gasteiger partial charge is 0.219 e. The third-order valence-electron chi connectivity index (χ3n) is 3.86. The summed E-state index contributed by atoms with van der Waals surface area (Å²) in [7, 11) is 0. The van der Waals surface area contributed by atoms with Gasteiger partial charge in [0.25, 0.3) is 0 Å². The van der Waals surface area contributed by atoms with E-state index in [9.17, 15) is 0 Å². The van der Waals surface area contributed by atoms with Crippen molar-refractivity contribution in [3.8, 4) is 11.6 Å². The summed E-state index contributed by atoms with van der Waals surface area (Å²) in [6.45, 7) is 9.65.